The minimum atomic E-state index is -4.40. The summed E-state index contributed by atoms with van der Waals surface area (Å²) >= 11 is 0. The number of hydrogen-bond acceptors (Lipinski definition) is 2. The van der Waals surface area contributed by atoms with Crippen LogP contribution in [0.1, 0.15) is 44.1 Å². The van der Waals surface area contributed by atoms with Gasteiger partial charge in [0, 0.05) is 0 Å². The lowest BCUT2D eigenvalue weighted by atomic mass is 9.92. The molecule has 2 N–H and O–H groups in total. The van der Waals surface area contributed by atoms with Crippen LogP contribution in [-0.2, 0) is 6.18 Å². The quantitative estimate of drug-likeness (QED) is 0.848. The van der Waals surface area contributed by atoms with Crippen molar-refractivity contribution < 1.29 is 17.9 Å². The Morgan fingerprint density at radius 1 is 1.05 bits per heavy atom. The Balaban J connectivity index is 2.07. The van der Waals surface area contributed by atoms with Crippen molar-refractivity contribution in [2.24, 2.45) is 5.73 Å². The summed E-state index contributed by atoms with van der Waals surface area (Å²) < 4.78 is 44.0. The maximum atomic E-state index is 12.9. The van der Waals surface area contributed by atoms with Gasteiger partial charge < -0.3 is 10.5 Å². The highest BCUT2D eigenvalue weighted by atomic mass is 19.4. The van der Waals surface area contributed by atoms with Gasteiger partial charge in [-0.15, -0.1) is 0 Å². The summed E-state index contributed by atoms with van der Waals surface area (Å²) in [5, 5.41) is 0. The molecule has 0 heterocycles. The van der Waals surface area contributed by atoms with E-state index in [1.807, 2.05) is 0 Å². The van der Waals surface area contributed by atoms with Crippen LogP contribution in [0.4, 0.5) is 13.2 Å². The van der Waals surface area contributed by atoms with Gasteiger partial charge in [0.15, 0.2) is 0 Å². The van der Waals surface area contributed by atoms with Crippen molar-refractivity contribution in [1.29, 1.82) is 0 Å². The zero-order valence-electron chi connectivity index (χ0n) is 11.4. The fraction of sp³-hybridized carbons (Fsp3) is 0.600. The van der Waals surface area contributed by atoms with E-state index in [1.54, 1.807) is 6.07 Å². The molecule has 0 aromatic heterocycles. The molecule has 1 fully saturated rings. The van der Waals surface area contributed by atoms with Gasteiger partial charge >= 0.3 is 6.18 Å². The molecule has 0 aliphatic heterocycles. The zero-order chi connectivity index (χ0) is 14.6. The maximum Gasteiger partial charge on any atom is 0.419 e. The Labute approximate surface area is 117 Å². The van der Waals surface area contributed by atoms with Crippen LogP contribution in [0.5, 0.6) is 5.75 Å². The number of hydrogen-bond donors (Lipinski definition) is 1. The highest BCUT2D eigenvalue weighted by Crippen LogP contribution is 2.36. The first-order valence-electron chi connectivity index (χ1n) is 6.99. The molecule has 112 valence electrons. The molecule has 0 amide bonds. The van der Waals surface area contributed by atoms with Gasteiger partial charge in [0.05, 0.1) is 11.1 Å². The Bertz CT molecular complexity index is 437. The summed E-state index contributed by atoms with van der Waals surface area (Å²) in [5.41, 5.74) is 5.02. The van der Waals surface area contributed by atoms with E-state index in [0.717, 1.165) is 44.6 Å². The first-order valence-corrected chi connectivity index (χ1v) is 6.99. The average Bonchev–Trinajstić information content (AvgIpc) is 2.61. The minimum Gasteiger partial charge on any atom is -0.491 e. The molecule has 0 radical (unpaired) electrons. The van der Waals surface area contributed by atoms with Gasteiger partial charge in [-0.05, 0) is 25.0 Å². The van der Waals surface area contributed by atoms with Crippen molar-refractivity contribution >= 4 is 0 Å². The van der Waals surface area contributed by atoms with E-state index in [4.69, 9.17) is 10.5 Å². The average molecular weight is 287 g/mol. The highest BCUT2D eigenvalue weighted by molar-refractivity contribution is 5.35. The number of alkyl halides is 3. The van der Waals surface area contributed by atoms with Gasteiger partial charge in [-0.3, -0.25) is 0 Å². The third kappa shape index (κ3) is 3.88. The van der Waals surface area contributed by atoms with E-state index in [-0.39, 0.29) is 12.4 Å². The van der Waals surface area contributed by atoms with E-state index in [1.165, 1.54) is 12.1 Å². The largest absolute Gasteiger partial charge is 0.491 e. The molecule has 2 nitrogen and oxygen atoms in total. The van der Waals surface area contributed by atoms with E-state index < -0.39 is 17.3 Å². The first-order chi connectivity index (χ1) is 9.41. The van der Waals surface area contributed by atoms with Crippen LogP contribution in [-0.4, -0.2) is 12.1 Å². The SMILES string of the molecule is NC1(COc2ccccc2C(F)(F)F)CCCCCC1. The van der Waals surface area contributed by atoms with Gasteiger partial charge in [-0.25, -0.2) is 0 Å². The van der Waals surface area contributed by atoms with E-state index in [0.29, 0.717) is 0 Å². The number of rotatable bonds is 3. The second-order valence-corrected chi connectivity index (χ2v) is 5.56. The summed E-state index contributed by atoms with van der Waals surface area (Å²) in [4.78, 5) is 0. The summed E-state index contributed by atoms with van der Waals surface area (Å²) in [6.07, 6.45) is 1.52. The Morgan fingerprint density at radius 2 is 1.65 bits per heavy atom. The van der Waals surface area contributed by atoms with Gasteiger partial charge in [-0.2, -0.15) is 13.2 Å². The summed E-state index contributed by atoms with van der Waals surface area (Å²) in [7, 11) is 0. The normalized spacial score (nSPS) is 19.4. The molecule has 5 heteroatoms. The van der Waals surface area contributed by atoms with Crippen molar-refractivity contribution in [3.8, 4) is 5.75 Å². The van der Waals surface area contributed by atoms with Crippen LogP contribution in [0.3, 0.4) is 0 Å². The van der Waals surface area contributed by atoms with Crippen molar-refractivity contribution in [1.82, 2.24) is 0 Å². The molecule has 1 saturated carbocycles. The monoisotopic (exact) mass is 287 g/mol. The van der Waals surface area contributed by atoms with Crippen LogP contribution in [0, 0.1) is 0 Å². The predicted octanol–water partition coefficient (Wildman–Crippen LogP) is 4.14. The van der Waals surface area contributed by atoms with Crippen LogP contribution < -0.4 is 10.5 Å². The number of halogens is 3. The van der Waals surface area contributed by atoms with Crippen molar-refractivity contribution in [3.63, 3.8) is 0 Å². The van der Waals surface area contributed by atoms with Gasteiger partial charge in [0.1, 0.15) is 12.4 Å². The van der Waals surface area contributed by atoms with Crippen LogP contribution in [0.15, 0.2) is 24.3 Å². The number of ether oxygens (including phenoxy) is 1. The standard InChI is InChI=1S/C15H20F3NO/c16-15(17,18)12-7-3-4-8-13(12)20-11-14(19)9-5-1-2-6-10-14/h3-4,7-8H,1-2,5-6,9-11,19H2. The molecule has 1 aliphatic rings. The van der Waals surface area contributed by atoms with E-state index >= 15 is 0 Å². The lowest BCUT2D eigenvalue weighted by Gasteiger charge is -2.28. The van der Waals surface area contributed by atoms with Crippen LogP contribution >= 0.6 is 0 Å². The van der Waals surface area contributed by atoms with Crippen LogP contribution in [0.25, 0.3) is 0 Å². The highest BCUT2D eigenvalue weighted by Gasteiger charge is 2.35. The van der Waals surface area contributed by atoms with Crippen molar-refractivity contribution in [3.05, 3.63) is 29.8 Å². The topological polar surface area (TPSA) is 35.2 Å². The summed E-state index contributed by atoms with van der Waals surface area (Å²) in [5.74, 6) is -0.130. The van der Waals surface area contributed by atoms with Crippen molar-refractivity contribution in [2.75, 3.05) is 6.61 Å². The fourth-order valence-corrected chi connectivity index (χ4v) is 2.63. The molecule has 0 bridgehead atoms. The summed E-state index contributed by atoms with van der Waals surface area (Å²) in [6, 6.07) is 5.29. The number of nitrogens with two attached hydrogens (primary N) is 1. The molecule has 1 aliphatic carbocycles. The molecule has 0 saturated heterocycles. The van der Waals surface area contributed by atoms with E-state index in [9.17, 15) is 13.2 Å². The molecular formula is C15H20F3NO. The molecule has 0 spiro atoms. The second kappa shape index (κ2) is 6.04. The molecule has 0 atom stereocenters. The fourth-order valence-electron chi connectivity index (χ4n) is 2.63. The minimum absolute atomic E-state index is 0.130. The smallest absolute Gasteiger partial charge is 0.419 e. The second-order valence-electron chi connectivity index (χ2n) is 5.56. The molecule has 2 rings (SSSR count). The lowest BCUT2D eigenvalue weighted by Crippen LogP contribution is -2.45. The zero-order valence-corrected chi connectivity index (χ0v) is 11.4. The van der Waals surface area contributed by atoms with Crippen LogP contribution in [0.2, 0.25) is 0 Å². The third-order valence-corrected chi connectivity index (χ3v) is 3.81. The lowest BCUT2D eigenvalue weighted by molar-refractivity contribution is -0.139. The van der Waals surface area contributed by atoms with E-state index in [2.05, 4.69) is 0 Å². The molecule has 1 aromatic carbocycles. The Morgan fingerprint density at radius 3 is 2.25 bits per heavy atom. The third-order valence-electron chi connectivity index (χ3n) is 3.81. The first kappa shape index (κ1) is 15.2. The van der Waals surface area contributed by atoms with Gasteiger partial charge in [-0.1, -0.05) is 37.8 Å². The predicted molar refractivity (Wildman–Crippen MR) is 71.6 cm³/mol. The Kier molecular flexibility index (Phi) is 4.58. The molecular weight excluding hydrogens is 267 g/mol. The van der Waals surface area contributed by atoms with Gasteiger partial charge in [0.2, 0.25) is 0 Å². The Hall–Kier alpha value is -1.23. The molecule has 1 aromatic rings. The van der Waals surface area contributed by atoms with Crippen molar-refractivity contribution in [2.45, 2.75) is 50.2 Å². The van der Waals surface area contributed by atoms with Gasteiger partial charge in [0.25, 0.3) is 0 Å². The molecule has 0 unspecified atom stereocenters. The maximum absolute atomic E-state index is 12.9. The number of para-hydroxylation sites is 1. The molecule has 20 heavy (non-hydrogen) atoms. The summed E-state index contributed by atoms with van der Waals surface area (Å²) in [6.45, 7) is 0.139. The number of benzene rings is 1.